The summed E-state index contributed by atoms with van der Waals surface area (Å²) in [4.78, 5) is 7.41. The molecule has 20 heavy (non-hydrogen) atoms. The van der Waals surface area contributed by atoms with Crippen molar-refractivity contribution in [3.05, 3.63) is 23.4 Å². The molecule has 0 unspecified atom stereocenters. The van der Waals surface area contributed by atoms with Gasteiger partial charge < -0.3 is 4.90 Å². The van der Waals surface area contributed by atoms with E-state index in [2.05, 4.69) is 44.7 Å². The second-order valence-corrected chi connectivity index (χ2v) is 7.09. The van der Waals surface area contributed by atoms with Gasteiger partial charge in [-0.15, -0.1) is 11.6 Å². The van der Waals surface area contributed by atoms with Crippen LogP contribution >= 0.6 is 11.6 Å². The summed E-state index contributed by atoms with van der Waals surface area (Å²) in [7, 11) is 0. The molecule has 3 heteroatoms. The number of aromatic nitrogens is 1. The Hall–Kier alpha value is -0.760. The maximum atomic E-state index is 6.08. The number of rotatable bonds is 4. The molecule has 1 heterocycles. The fourth-order valence-corrected chi connectivity index (χ4v) is 3.16. The first-order valence-electron chi connectivity index (χ1n) is 7.79. The highest BCUT2D eigenvalue weighted by Crippen LogP contribution is 2.30. The number of nitrogens with zero attached hydrogens (tertiary/aromatic N) is 2. The van der Waals surface area contributed by atoms with Crippen LogP contribution in [-0.4, -0.2) is 17.6 Å². The molecule has 112 valence electrons. The third-order valence-electron chi connectivity index (χ3n) is 4.19. The van der Waals surface area contributed by atoms with Crippen LogP contribution in [0, 0.1) is 0 Å². The SMILES string of the molecule is CCN(c1cc(CCl)cc(C(C)(C)C)n1)C1CCCC1. The van der Waals surface area contributed by atoms with Crippen molar-refractivity contribution < 1.29 is 0 Å². The molecule has 0 amide bonds. The molecule has 0 atom stereocenters. The van der Waals surface area contributed by atoms with Crippen molar-refractivity contribution in [2.45, 2.75) is 70.7 Å². The molecule has 0 aliphatic heterocycles. The monoisotopic (exact) mass is 294 g/mol. The summed E-state index contributed by atoms with van der Waals surface area (Å²) in [6.07, 6.45) is 5.29. The van der Waals surface area contributed by atoms with Gasteiger partial charge in [-0.2, -0.15) is 0 Å². The van der Waals surface area contributed by atoms with Crippen molar-refractivity contribution in [1.82, 2.24) is 4.98 Å². The molecule has 0 aromatic carbocycles. The largest absolute Gasteiger partial charge is 0.354 e. The van der Waals surface area contributed by atoms with Crippen molar-refractivity contribution in [3.63, 3.8) is 0 Å². The number of hydrogen-bond donors (Lipinski definition) is 0. The summed E-state index contributed by atoms with van der Waals surface area (Å²) in [6.45, 7) is 9.88. The zero-order valence-corrected chi connectivity index (χ0v) is 14.0. The smallest absolute Gasteiger partial charge is 0.129 e. The van der Waals surface area contributed by atoms with Gasteiger partial charge in [-0.3, -0.25) is 0 Å². The minimum Gasteiger partial charge on any atom is -0.354 e. The van der Waals surface area contributed by atoms with Gasteiger partial charge >= 0.3 is 0 Å². The maximum absolute atomic E-state index is 6.08. The van der Waals surface area contributed by atoms with Gasteiger partial charge in [0.2, 0.25) is 0 Å². The molecule has 0 bridgehead atoms. The molecule has 1 aliphatic rings. The molecule has 2 rings (SSSR count). The third-order valence-corrected chi connectivity index (χ3v) is 4.50. The van der Waals surface area contributed by atoms with E-state index in [1.165, 1.54) is 31.2 Å². The Morgan fingerprint density at radius 1 is 1.25 bits per heavy atom. The second kappa shape index (κ2) is 6.34. The number of alkyl halides is 1. The highest BCUT2D eigenvalue weighted by molar-refractivity contribution is 6.17. The van der Waals surface area contributed by atoms with Gasteiger partial charge in [-0.25, -0.2) is 4.98 Å². The minimum atomic E-state index is 0.0614. The standard InChI is InChI=1S/C17H27ClN2/c1-5-20(14-8-6-7-9-14)16-11-13(12-18)10-15(19-16)17(2,3)4/h10-11,14H,5-9,12H2,1-4H3. The van der Waals surface area contributed by atoms with Gasteiger partial charge in [-0.1, -0.05) is 33.6 Å². The molecule has 1 fully saturated rings. The number of halogens is 1. The van der Waals surface area contributed by atoms with E-state index in [0.717, 1.165) is 18.1 Å². The van der Waals surface area contributed by atoms with E-state index in [4.69, 9.17) is 16.6 Å². The summed E-state index contributed by atoms with van der Waals surface area (Å²) in [5, 5.41) is 0. The van der Waals surface area contributed by atoms with Crippen LogP contribution in [0.3, 0.4) is 0 Å². The molecular weight excluding hydrogens is 268 g/mol. The Bertz CT molecular complexity index is 445. The molecule has 2 nitrogen and oxygen atoms in total. The van der Waals surface area contributed by atoms with Crippen LogP contribution in [0.5, 0.6) is 0 Å². The van der Waals surface area contributed by atoms with Gasteiger partial charge in [0.05, 0.1) is 0 Å². The molecule has 1 aromatic rings. The van der Waals surface area contributed by atoms with Gasteiger partial charge in [0, 0.05) is 29.6 Å². The minimum absolute atomic E-state index is 0.0614. The van der Waals surface area contributed by atoms with Crippen LogP contribution in [0.2, 0.25) is 0 Å². The van der Waals surface area contributed by atoms with Crippen LogP contribution in [-0.2, 0) is 11.3 Å². The van der Waals surface area contributed by atoms with E-state index in [9.17, 15) is 0 Å². The topological polar surface area (TPSA) is 16.1 Å². The maximum Gasteiger partial charge on any atom is 0.129 e. The first kappa shape index (κ1) is 15.6. The fraction of sp³-hybridized carbons (Fsp3) is 0.706. The number of hydrogen-bond acceptors (Lipinski definition) is 2. The van der Waals surface area contributed by atoms with Gasteiger partial charge in [0.25, 0.3) is 0 Å². The summed E-state index contributed by atoms with van der Waals surface area (Å²) in [5.74, 6) is 1.67. The van der Waals surface area contributed by atoms with E-state index >= 15 is 0 Å². The van der Waals surface area contributed by atoms with E-state index in [-0.39, 0.29) is 5.41 Å². The predicted molar refractivity (Wildman–Crippen MR) is 87.8 cm³/mol. The lowest BCUT2D eigenvalue weighted by Crippen LogP contribution is -2.34. The van der Waals surface area contributed by atoms with Gasteiger partial charge in [0.1, 0.15) is 5.82 Å². The first-order valence-corrected chi connectivity index (χ1v) is 8.33. The molecule has 0 spiro atoms. The average Bonchev–Trinajstić information content (AvgIpc) is 2.92. The Morgan fingerprint density at radius 2 is 1.90 bits per heavy atom. The fourth-order valence-electron chi connectivity index (χ4n) is 3.00. The normalized spacial score (nSPS) is 16.6. The molecular formula is C17H27ClN2. The number of anilines is 1. The van der Waals surface area contributed by atoms with Crippen LogP contribution in [0.15, 0.2) is 12.1 Å². The molecule has 0 N–H and O–H groups in total. The highest BCUT2D eigenvalue weighted by atomic mass is 35.5. The molecule has 0 saturated heterocycles. The van der Waals surface area contributed by atoms with Crippen LogP contribution in [0.4, 0.5) is 5.82 Å². The zero-order valence-electron chi connectivity index (χ0n) is 13.2. The predicted octanol–water partition coefficient (Wildman–Crippen LogP) is 4.89. The Kier molecular flexibility index (Phi) is 4.95. The van der Waals surface area contributed by atoms with Crippen LogP contribution in [0.1, 0.15) is 64.6 Å². The summed E-state index contributed by atoms with van der Waals surface area (Å²) in [6, 6.07) is 4.98. The Balaban J connectivity index is 2.38. The van der Waals surface area contributed by atoms with Crippen molar-refractivity contribution in [2.24, 2.45) is 0 Å². The molecule has 1 aliphatic carbocycles. The Labute approximate surface area is 128 Å². The van der Waals surface area contributed by atoms with Crippen molar-refractivity contribution in [3.8, 4) is 0 Å². The third kappa shape index (κ3) is 3.46. The van der Waals surface area contributed by atoms with Gasteiger partial charge in [0.15, 0.2) is 0 Å². The lowest BCUT2D eigenvalue weighted by Gasteiger charge is -2.31. The lowest BCUT2D eigenvalue weighted by atomic mass is 9.91. The molecule has 0 radical (unpaired) electrons. The average molecular weight is 295 g/mol. The Morgan fingerprint density at radius 3 is 2.40 bits per heavy atom. The lowest BCUT2D eigenvalue weighted by molar-refractivity contribution is 0.560. The molecule has 1 saturated carbocycles. The van der Waals surface area contributed by atoms with Crippen molar-refractivity contribution in [2.75, 3.05) is 11.4 Å². The van der Waals surface area contributed by atoms with Crippen LogP contribution < -0.4 is 4.90 Å². The van der Waals surface area contributed by atoms with Crippen molar-refractivity contribution >= 4 is 17.4 Å². The van der Waals surface area contributed by atoms with E-state index in [0.29, 0.717) is 11.9 Å². The number of pyridine rings is 1. The summed E-state index contributed by atoms with van der Waals surface area (Å²) >= 11 is 6.08. The second-order valence-electron chi connectivity index (χ2n) is 6.83. The summed E-state index contributed by atoms with van der Waals surface area (Å²) < 4.78 is 0. The van der Waals surface area contributed by atoms with E-state index in [1.807, 2.05) is 0 Å². The molecule has 1 aromatic heterocycles. The van der Waals surface area contributed by atoms with E-state index < -0.39 is 0 Å². The quantitative estimate of drug-likeness (QED) is 0.735. The first-order chi connectivity index (χ1) is 9.45. The van der Waals surface area contributed by atoms with Crippen molar-refractivity contribution in [1.29, 1.82) is 0 Å². The highest BCUT2D eigenvalue weighted by Gasteiger charge is 2.24. The zero-order chi connectivity index (χ0) is 14.8. The summed E-state index contributed by atoms with van der Waals surface area (Å²) in [5.41, 5.74) is 2.38. The van der Waals surface area contributed by atoms with Gasteiger partial charge in [-0.05, 0) is 37.5 Å². The van der Waals surface area contributed by atoms with Crippen LogP contribution in [0.25, 0.3) is 0 Å². The van der Waals surface area contributed by atoms with E-state index in [1.54, 1.807) is 0 Å².